The first-order chi connectivity index (χ1) is 12.8. The van der Waals surface area contributed by atoms with Crippen molar-refractivity contribution in [3.63, 3.8) is 0 Å². The molecule has 1 saturated heterocycles. The van der Waals surface area contributed by atoms with Crippen molar-refractivity contribution >= 4 is 0 Å². The van der Waals surface area contributed by atoms with Crippen LogP contribution in [-0.2, 0) is 6.54 Å². The van der Waals surface area contributed by atoms with Gasteiger partial charge in [0.25, 0.3) is 0 Å². The van der Waals surface area contributed by atoms with Crippen LogP contribution in [0, 0.1) is 5.82 Å². The van der Waals surface area contributed by atoms with Crippen LogP contribution in [0.2, 0.25) is 0 Å². The van der Waals surface area contributed by atoms with Crippen molar-refractivity contribution in [2.75, 3.05) is 6.54 Å². The number of piperidine rings is 1. The standard InChI is InChI=1S/C22H22FN3/c23-20-9-6-18(7-10-20)21-11-8-19(15-25-21)22-5-1-2-13-26(22)16-17-4-3-12-24-14-17/h3-4,6-12,14-15,22H,1-2,5,13,16H2/t22-/m0/s1. The Morgan fingerprint density at radius 3 is 2.62 bits per heavy atom. The molecule has 0 amide bonds. The van der Waals surface area contributed by atoms with Crippen LogP contribution in [-0.4, -0.2) is 21.4 Å². The Kier molecular flexibility index (Phi) is 5.02. The summed E-state index contributed by atoms with van der Waals surface area (Å²) in [6.45, 7) is 2.01. The van der Waals surface area contributed by atoms with Crippen molar-refractivity contribution in [1.29, 1.82) is 0 Å². The summed E-state index contributed by atoms with van der Waals surface area (Å²) in [6, 6.07) is 15.2. The second kappa shape index (κ2) is 7.75. The minimum Gasteiger partial charge on any atom is -0.292 e. The van der Waals surface area contributed by atoms with E-state index in [0.29, 0.717) is 6.04 Å². The quantitative estimate of drug-likeness (QED) is 0.664. The topological polar surface area (TPSA) is 29.0 Å². The molecule has 0 N–H and O–H groups in total. The first kappa shape index (κ1) is 16.9. The maximum atomic E-state index is 13.1. The predicted octanol–water partition coefficient (Wildman–Crippen LogP) is 5.01. The molecule has 0 aliphatic carbocycles. The van der Waals surface area contributed by atoms with Crippen LogP contribution >= 0.6 is 0 Å². The Morgan fingerprint density at radius 1 is 1.00 bits per heavy atom. The zero-order valence-corrected chi connectivity index (χ0v) is 14.7. The highest BCUT2D eigenvalue weighted by molar-refractivity contribution is 5.58. The first-order valence-corrected chi connectivity index (χ1v) is 9.14. The summed E-state index contributed by atoms with van der Waals surface area (Å²) in [7, 11) is 0. The molecule has 26 heavy (non-hydrogen) atoms. The number of pyridine rings is 2. The van der Waals surface area contributed by atoms with Gasteiger partial charge in [-0.2, -0.15) is 0 Å². The van der Waals surface area contributed by atoms with Gasteiger partial charge in [0, 0.05) is 36.7 Å². The molecular formula is C22H22FN3. The average Bonchev–Trinajstić information content (AvgIpc) is 2.70. The first-order valence-electron chi connectivity index (χ1n) is 9.14. The van der Waals surface area contributed by atoms with Crippen molar-refractivity contribution in [3.05, 3.63) is 84.1 Å². The predicted molar refractivity (Wildman–Crippen MR) is 101 cm³/mol. The van der Waals surface area contributed by atoms with E-state index in [0.717, 1.165) is 30.8 Å². The molecule has 4 rings (SSSR count). The maximum absolute atomic E-state index is 13.1. The average molecular weight is 347 g/mol. The molecular weight excluding hydrogens is 325 g/mol. The maximum Gasteiger partial charge on any atom is 0.123 e. The normalized spacial score (nSPS) is 18.0. The molecule has 4 heteroatoms. The lowest BCUT2D eigenvalue weighted by molar-refractivity contribution is 0.140. The Hall–Kier alpha value is -2.59. The number of benzene rings is 1. The Bertz CT molecular complexity index is 832. The van der Waals surface area contributed by atoms with E-state index in [1.165, 1.54) is 36.1 Å². The number of aromatic nitrogens is 2. The monoisotopic (exact) mass is 347 g/mol. The summed E-state index contributed by atoms with van der Waals surface area (Å²) >= 11 is 0. The third-order valence-electron chi connectivity index (χ3n) is 5.03. The molecule has 132 valence electrons. The van der Waals surface area contributed by atoms with Gasteiger partial charge in [0.2, 0.25) is 0 Å². The second-order valence-electron chi connectivity index (χ2n) is 6.83. The number of halogens is 1. The molecule has 1 fully saturated rings. The van der Waals surface area contributed by atoms with Crippen LogP contribution in [0.4, 0.5) is 4.39 Å². The largest absolute Gasteiger partial charge is 0.292 e. The lowest BCUT2D eigenvalue weighted by Gasteiger charge is -2.36. The summed E-state index contributed by atoms with van der Waals surface area (Å²) in [6.07, 6.45) is 9.37. The molecule has 0 unspecified atom stereocenters. The van der Waals surface area contributed by atoms with E-state index < -0.39 is 0 Å². The molecule has 3 heterocycles. The molecule has 1 aliphatic rings. The summed E-state index contributed by atoms with van der Waals surface area (Å²) in [5, 5.41) is 0. The van der Waals surface area contributed by atoms with Gasteiger partial charge in [0.05, 0.1) is 5.69 Å². The molecule has 1 aromatic carbocycles. The number of hydrogen-bond donors (Lipinski definition) is 0. The van der Waals surface area contributed by atoms with E-state index in [9.17, 15) is 4.39 Å². The molecule has 1 atom stereocenters. The molecule has 0 radical (unpaired) electrons. The van der Waals surface area contributed by atoms with E-state index in [1.54, 1.807) is 12.1 Å². The van der Waals surface area contributed by atoms with Crippen LogP contribution in [0.3, 0.4) is 0 Å². The van der Waals surface area contributed by atoms with Crippen molar-refractivity contribution in [3.8, 4) is 11.3 Å². The van der Waals surface area contributed by atoms with Gasteiger partial charge >= 0.3 is 0 Å². The second-order valence-corrected chi connectivity index (χ2v) is 6.83. The molecule has 2 aromatic heterocycles. The molecule has 3 nitrogen and oxygen atoms in total. The summed E-state index contributed by atoms with van der Waals surface area (Å²) in [5.41, 5.74) is 4.31. The third kappa shape index (κ3) is 3.81. The lowest BCUT2D eigenvalue weighted by Crippen LogP contribution is -2.33. The number of hydrogen-bond acceptors (Lipinski definition) is 3. The molecule has 0 bridgehead atoms. The van der Waals surface area contributed by atoms with Crippen LogP contribution < -0.4 is 0 Å². The van der Waals surface area contributed by atoms with Crippen LogP contribution in [0.15, 0.2) is 67.1 Å². The van der Waals surface area contributed by atoms with Crippen molar-refractivity contribution in [2.24, 2.45) is 0 Å². The van der Waals surface area contributed by atoms with Crippen LogP contribution in [0.5, 0.6) is 0 Å². The van der Waals surface area contributed by atoms with Gasteiger partial charge in [-0.25, -0.2) is 4.39 Å². The zero-order valence-electron chi connectivity index (χ0n) is 14.7. The Labute approximate surface area is 153 Å². The Morgan fingerprint density at radius 2 is 1.88 bits per heavy atom. The lowest BCUT2D eigenvalue weighted by atomic mass is 9.95. The van der Waals surface area contributed by atoms with Gasteiger partial charge in [-0.3, -0.25) is 14.9 Å². The van der Waals surface area contributed by atoms with Crippen LogP contribution in [0.25, 0.3) is 11.3 Å². The summed E-state index contributed by atoms with van der Waals surface area (Å²) < 4.78 is 13.1. The highest BCUT2D eigenvalue weighted by Gasteiger charge is 2.24. The van der Waals surface area contributed by atoms with Gasteiger partial charge < -0.3 is 0 Å². The highest BCUT2D eigenvalue weighted by atomic mass is 19.1. The Balaban J connectivity index is 1.53. The number of nitrogens with zero attached hydrogens (tertiary/aromatic N) is 3. The van der Waals surface area contributed by atoms with Crippen molar-refractivity contribution < 1.29 is 4.39 Å². The molecule has 1 aliphatic heterocycles. The van der Waals surface area contributed by atoms with Gasteiger partial charge in [0.1, 0.15) is 5.82 Å². The van der Waals surface area contributed by atoms with Crippen molar-refractivity contribution in [1.82, 2.24) is 14.9 Å². The van der Waals surface area contributed by atoms with Crippen LogP contribution in [0.1, 0.15) is 36.4 Å². The minimum atomic E-state index is -0.224. The molecule has 0 saturated carbocycles. The van der Waals surface area contributed by atoms with Crippen molar-refractivity contribution in [2.45, 2.75) is 31.8 Å². The van der Waals surface area contributed by atoms with E-state index in [-0.39, 0.29) is 5.82 Å². The van der Waals surface area contributed by atoms with Gasteiger partial charge in [-0.05, 0) is 66.9 Å². The fraction of sp³-hybridized carbons (Fsp3) is 0.273. The molecule has 0 spiro atoms. The van der Waals surface area contributed by atoms with E-state index in [2.05, 4.69) is 27.0 Å². The smallest absolute Gasteiger partial charge is 0.123 e. The van der Waals surface area contributed by atoms with Gasteiger partial charge in [-0.1, -0.05) is 18.6 Å². The summed E-state index contributed by atoms with van der Waals surface area (Å²) in [4.78, 5) is 11.4. The highest BCUT2D eigenvalue weighted by Crippen LogP contribution is 2.32. The zero-order chi connectivity index (χ0) is 17.8. The van der Waals surface area contributed by atoms with E-state index in [1.807, 2.05) is 30.7 Å². The van der Waals surface area contributed by atoms with E-state index >= 15 is 0 Å². The fourth-order valence-corrected chi connectivity index (χ4v) is 3.68. The minimum absolute atomic E-state index is 0.224. The van der Waals surface area contributed by atoms with E-state index in [4.69, 9.17) is 0 Å². The fourth-order valence-electron chi connectivity index (χ4n) is 3.68. The molecule has 3 aromatic rings. The van der Waals surface area contributed by atoms with Gasteiger partial charge in [0.15, 0.2) is 0 Å². The number of rotatable bonds is 4. The SMILES string of the molecule is Fc1ccc(-c2ccc([C@@H]3CCCCN3Cc3cccnc3)cn2)cc1. The number of likely N-dealkylation sites (tertiary alicyclic amines) is 1. The van der Waals surface area contributed by atoms with Gasteiger partial charge in [-0.15, -0.1) is 0 Å². The summed E-state index contributed by atoms with van der Waals surface area (Å²) in [5.74, 6) is -0.224. The third-order valence-corrected chi connectivity index (χ3v) is 5.03.